The number of sulfonamides is 1. The lowest BCUT2D eigenvalue weighted by molar-refractivity contribution is -0.384. The fraction of sp³-hybridized carbons (Fsp3) is 0.182. The van der Waals surface area contributed by atoms with Crippen LogP contribution < -0.4 is 10.0 Å². The number of aryl methyl sites for hydroxylation is 1. The lowest BCUT2D eigenvalue weighted by atomic mass is 10.3. The number of non-ortho nitro benzene ring substituents is 1. The molecule has 1 aromatic heterocycles. The standard InChI is InChI=1S/C11H13N5O4S/c1-12-9-7-8(16(17)18)3-4-10(9)21(19,20)14-11-5-6-15(2)13-11/h3-7,12H,1-2H3,(H,13,14). The average molecular weight is 311 g/mol. The van der Waals surface area contributed by atoms with Gasteiger partial charge in [-0.15, -0.1) is 0 Å². The molecule has 1 aromatic carbocycles. The Bertz CT molecular complexity index is 784. The van der Waals surface area contributed by atoms with Crippen LogP contribution in [0, 0.1) is 10.1 Å². The molecule has 2 N–H and O–H groups in total. The number of aromatic nitrogens is 2. The van der Waals surface area contributed by atoms with E-state index in [9.17, 15) is 18.5 Å². The highest BCUT2D eigenvalue weighted by Crippen LogP contribution is 2.27. The van der Waals surface area contributed by atoms with Gasteiger partial charge in [0.15, 0.2) is 5.82 Å². The number of benzene rings is 1. The monoisotopic (exact) mass is 311 g/mol. The molecule has 0 saturated carbocycles. The lowest BCUT2D eigenvalue weighted by Gasteiger charge is -2.10. The van der Waals surface area contributed by atoms with E-state index >= 15 is 0 Å². The second-order valence-electron chi connectivity index (χ2n) is 4.17. The Labute approximate surface area is 120 Å². The quantitative estimate of drug-likeness (QED) is 0.632. The zero-order valence-electron chi connectivity index (χ0n) is 11.3. The van der Waals surface area contributed by atoms with E-state index in [4.69, 9.17) is 0 Å². The Morgan fingerprint density at radius 3 is 2.57 bits per heavy atom. The van der Waals surface area contributed by atoms with Gasteiger partial charge in [0.2, 0.25) is 0 Å². The van der Waals surface area contributed by atoms with Gasteiger partial charge in [-0.25, -0.2) is 8.42 Å². The largest absolute Gasteiger partial charge is 0.387 e. The molecule has 0 aliphatic carbocycles. The summed E-state index contributed by atoms with van der Waals surface area (Å²) in [4.78, 5) is 10.0. The van der Waals surface area contributed by atoms with Crippen LogP contribution in [0.5, 0.6) is 0 Å². The van der Waals surface area contributed by atoms with Gasteiger partial charge in [0, 0.05) is 38.5 Å². The summed E-state index contributed by atoms with van der Waals surface area (Å²) in [5, 5.41) is 17.3. The molecule has 2 rings (SSSR count). The summed E-state index contributed by atoms with van der Waals surface area (Å²) in [5.74, 6) is 0.165. The summed E-state index contributed by atoms with van der Waals surface area (Å²) >= 11 is 0. The molecule has 0 atom stereocenters. The third-order valence-electron chi connectivity index (χ3n) is 2.69. The van der Waals surface area contributed by atoms with Gasteiger partial charge in [-0.1, -0.05) is 0 Å². The summed E-state index contributed by atoms with van der Waals surface area (Å²) in [6.45, 7) is 0. The van der Waals surface area contributed by atoms with Crippen molar-refractivity contribution in [2.75, 3.05) is 17.1 Å². The summed E-state index contributed by atoms with van der Waals surface area (Å²) in [5.41, 5.74) is -0.0660. The van der Waals surface area contributed by atoms with Crippen LogP contribution in [-0.4, -0.2) is 30.2 Å². The van der Waals surface area contributed by atoms with Crippen LogP contribution in [0.15, 0.2) is 35.4 Å². The predicted molar refractivity (Wildman–Crippen MR) is 76.7 cm³/mol. The van der Waals surface area contributed by atoms with E-state index < -0.39 is 14.9 Å². The van der Waals surface area contributed by atoms with Crippen LogP contribution in [0.3, 0.4) is 0 Å². The molecule has 10 heteroatoms. The summed E-state index contributed by atoms with van der Waals surface area (Å²) in [6.07, 6.45) is 1.59. The maximum atomic E-state index is 12.3. The molecule has 2 aromatic rings. The van der Waals surface area contributed by atoms with E-state index in [1.165, 1.54) is 23.9 Å². The molecule has 21 heavy (non-hydrogen) atoms. The number of anilines is 2. The van der Waals surface area contributed by atoms with Crippen molar-refractivity contribution in [1.29, 1.82) is 0 Å². The highest BCUT2D eigenvalue weighted by Gasteiger charge is 2.21. The van der Waals surface area contributed by atoms with E-state index in [0.717, 1.165) is 12.1 Å². The molecular formula is C11H13N5O4S. The van der Waals surface area contributed by atoms with Crippen molar-refractivity contribution in [3.05, 3.63) is 40.6 Å². The average Bonchev–Trinajstić information content (AvgIpc) is 2.82. The van der Waals surface area contributed by atoms with Crippen LogP contribution >= 0.6 is 0 Å². The summed E-state index contributed by atoms with van der Waals surface area (Å²) in [6, 6.07) is 4.97. The van der Waals surface area contributed by atoms with Crippen LogP contribution in [0.1, 0.15) is 0 Å². The first kappa shape index (κ1) is 14.8. The van der Waals surface area contributed by atoms with Gasteiger partial charge in [0.05, 0.1) is 10.6 Å². The molecule has 0 radical (unpaired) electrons. The highest BCUT2D eigenvalue weighted by atomic mass is 32.2. The molecule has 0 fully saturated rings. The minimum atomic E-state index is -3.90. The molecule has 0 saturated heterocycles. The molecule has 112 valence electrons. The zero-order valence-corrected chi connectivity index (χ0v) is 12.1. The highest BCUT2D eigenvalue weighted by molar-refractivity contribution is 7.92. The van der Waals surface area contributed by atoms with Crippen LogP contribution in [0.2, 0.25) is 0 Å². The molecule has 0 spiro atoms. The van der Waals surface area contributed by atoms with Gasteiger partial charge >= 0.3 is 0 Å². The Kier molecular flexibility index (Phi) is 3.80. The number of nitro benzene ring substituents is 1. The SMILES string of the molecule is CNc1cc([N+](=O)[O-])ccc1S(=O)(=O)Nc1ccn(C)n1. The lowest BCUT2D eigenvalue weighted by Crippen LogP contribution is -2.15. The van der Waals surface area contributed by atoms with E-state index in [0.29, 0.717) is 0 Å². The van der Waals surface area contributed by atoms with Gasteiger partial charge < -0.3 is 5.32 Å². The number of nitro groups is 1. The predicted octanol–water partition coefficient (Wildman–Crippen LogP) is 1.17. The van der Waals surface area contributed by atoms with E-state index in [2.05, 4.69) is 15.1 Å². The van der Waals surface area contributed by atoms with Crippen molar-refractivity contribution in [2.24, 2.45) is 7.05 Å². The third-order valence-corrected chi connectivity index (χ3v) is 4.10. The summed E-state index contributed by atoms with van der Waals surface area (Å²) < 4.78 is 28.4. The van der Waals surface area contributed by atoms with E-state index in [-0.39, 0.29) is 22.1 Å². The maximum absolute atomic E-state index is 12.3. The van der Waals surface area contributed by atoms with Crippen molar-refractivity contribution in [3.8, 4) is 0 Å². The number of hydrogen-bond acceptors (Lipinski definition) is 6. The maximum Gasteiger partial charge on any atom is 0.271 e. The molecular weight excluding hydrogens is 298 g/mol. The van der Waals surface area contributed by atoms with Gasteiger partial charge in [-0.2, -0.15) is 5.10 Å². The second-order valence-corrected chi connectivity index (χ2v) is 5.82. The fourth-order valence-electron chi connectivity index (χ4n) is 1.72. The van der Waals surface area contributed by atoms with Crippen LogP contribution in [0.25, 0.3) is 0 Å². The van der Waals surface area contributed by atoms with E-state index in [1.807, 2.05) is 0 Å². The van der Waals surface area contributed by atoms with E-state index in [1.54, 1.807) is 13.2 Å². The Hall–Kier alpha value is -2.62. The molecule has 9 nitrogen and oxygen atoms in total. The molecule has 1 heterocycles. The number of hydrogen-bond donors (Lipinski definition) is 2. The van der Waals surface area contributed by atoms with Crippen molar-refractivity contribution >= 4 is 27.2 Å². The molecule has 0 amide bonds. The summed E-state index contributed by atoms with van der Waals surface area (Å²) in [7, 11) is -0.756. The number of rotatable bonds is 5. The Morgan fingerprint density at radius 1 is 1.33 bits per heavy atom. The first-order chi connectivity index (χ1) is 9.83. The Morgan fingerprint density at radius 2 is 2.05 bits per heavy atom. The molecule has 0 aliphatic heterocycles. The van der Waals surface area contributed by atoms with Gasteiger partial charge in [0.1, 0.15) is 4.90 Å². The smallest absolute Gasteiger partial charge is 0.271 e. The Balaban J connectivity index is 2.42. The zero-order chi connectivity index (χ0) is 15.6. The fourth-order valence-corrected chi connectivity index (χ4v) is 2.92. The van der Waals surface area contributed by atoms with Crippen LogP contribution in [-0.2, 0) is 17.1 Å². The first-order valence-corrected chi connectivity index (χ1v) is 7.30. The normalized spacial score (nSPS) is 11.1. The first-order valence-electron chi connectivity index (χ1n) is 5.82. The van der Waals surface area contributed by atoms with Crippen LogP contribution in [0.4, 0.5) is 17.2 Å². The van der Waals surface area contributed by atoms with Crippen molar-refractivity contribution < 1.29 is 13.3 Å². The van der Waals surface area contributed by atoms with Gasteiger partial charge in [-0.3, -0.25) is 19.5 Å². The topological polar surface area (TPSA) is 119 Å². The second kappa shape index (κ2) is 5.40. The molecule has 0 aliphatic rings. The van der Waals surface area contributed by atoms with Crippen molar-refractivity contribution in [3.63, 3.8) is 0 Å². The van der Waals surface area contributed by atoms with Crippen molar-refractivity contribution in [2.45, 2.75) is 4.90 Å². The van der Waals surface area contributed by atoms with Crippen molar-refractivity contribution in [1.82, 2.24) is 9.78 Å². The molecule has 0 unspecified atom stereocenters. The molecule has 0 bridgehead atoms. The minimum Gasteiger partial charge on any atom is -0.387 e. The number of nitrogens with one attached hydrogen (secondary N) is 2. The minimum absolute atomic E-state index is 0.0961. The van der Waals surface area contributed by atoms with Gasteiger partial charge in [0.25, 0.3) is 15.7 Å². The third kappa shape index (κ3) is 3.11. The number of nitrogens with zero attached hydrogens (tertiary/aromatic N) is 3. The van der Waals surface area contributed by atoms with Gasteiger partial charge in [-0.05, 0) is 6.07 Å².